The molecule has 2 unspecified atom stereocenters. The van der Waals surface area contributed by atoms with E-state index < -0.39 is 11.7 Å². The number of pyridine rings is 1. The van der Waals surface area contributed by atoms with Crippen molar-refractivity contribution >= 4 is 22.7 Å². The molecule has 132 valence electrons. The topological polar surface area (TPSA) is 66.8 Å². The van der Waals surface area contributed by atoms with E-state index in [4.69, 9.17) is 9.72 Å². The Morgan fingerprint density at radius 3 is 2.64 bits per heavy atom. The monoisotopic (exact) mass is 340 g/mol. The van der Waals surface area contributed by atoms with Gasteiger partial charge in [0.1, 0.15) is 5.60 Å². The molecule has 2 aromatic rings. The maximum absolute atomic E-state index is 12.0. The predicted octanol–water partition coefficient (Wildman–Crippen LogP) is 3.84. The summed E-state index contributed by atoms with van der Waals surface area (Å²) in [5, 5.41) is 7.14. The maximum atomic E-state index is 12.0. The number of hydrogen-bond acceptors (Lipinski definition) is 5. The van der Waals surface area contributed by atoms with Crippen LogP contribution in [-0.2, 0) is 4.74 Å². The molecule has 0 saturated carbocycles. The Labute approximate surface area is 147 Å². The molecule has 1 N–H and O–H groups in total. The van der Waals surface area contributed by atoms with Gasteiger partial charge < -0.3 is 4.74 Å². The highest BCUT2D eigenvalue weighted by Gasteiger charge is 2.35. The zero-order valence-corrected chi connectivity index (χ0v) is 15.3. The molecule has 0 fully saturated rings. The summed E-state index contributed by atoms with van der Waals surface area (Å²) in [7, 11) is 0. The van der Waals surface area contributed by atoms with E-state index >= 15 is 0 Å². The Morgan fingerprint density at radius 2 is 1.92 bits per heavy atom. The molecule has 1 aliphatic rings. The number of hydrazine groups is 1. The van der Waals surface area contributed by atoms with Crippen molar-refractivity contribution in [1.29, 1.82) is 0 Å². The lowest BCUT2D eigenvalue weighted by Gasteiger charge is -2.26. The number of carbonyl (C=O) groups is 1. The number of fused-ring (bicyclic) bond motifs is 1. The van der Waals surface area contributed by atoms with Gasteiger partial charge in [-0.15, -0.1) is 0 Å². The molecule has 25 heavy (non-hydrogen) atoms. The van der Waals surface area contributed by atoms with E-state index in [0.29, 0.717) is 0 Å². The Hall–Kier alpha value is -2.63. The van der Waals surface area contributed by atoms with Crippen molar-refractivity contribution < 1.29 is 9.53 Å². The van der Waals surface area contributed by atoms with Gasteiger partial charge in [0, 0.05) is 11.1 Å². The summed E-state index contributed by atoms with van der Waals surface area (Å²) in [6, 6.07) is 12.1. The van der Waals surface area contributed by atoms with Crippen molar-refractivity contribution in [3.63, 3.8) is 0 Å². The van der Waals surface area contributed by atoms with Crippen molar-refractivity contribution in [3.8, 4) is 0 Å². The summed E-state index contributed by atoms with van der Waals surface area (Å²) in [4.78, 5) is 16.8. The summed E-state index contributed by atoms with van der Waals surface area (Å²) in [6.45, 7) is 9.46. The highest BCUT2D eigenvalue weighted by molar-refractivity contribution is 5.91. The van der Waals surface area contributed by atoms with Gasteiger partial charge in [0.15, 0.2) is 0 Å². The summed E-state index contributed by atoms with van der Waals surface area (Å²) in [6.07, 6.45) is -0.511. The van der Waals surface area contributed by atoms with Crippen LogP contribution in [0.15, 0.2) is 41.5 Å². The van der Waals surface area contributed by atoms with Crippen LogP contribution in [-0.4, -0.2) is 33.5 Å². The SMILES string of the molecule is CC1=NN(NC(=O)OC(C)(C)C)C(C)C1c1ccc2ccccc2n1. The third kappa shape index (κ3) is 3.73. The molecule has 1 aromatic carbocycles. The first-order valence-corrected chi connectivity index (χ1v) is 8.44. The summed E-state index contributed by atoms with van der Waals surface area (Å²) < 4.78 is 5.31. The first-order chi connectivity index (χ1) is 11.7. The zero-order chi connectivity index (χ0) is 18.2. The van der Waals surface area contributed by atoms with Crippen LogP contribution in [0, 0.1) is 0 Å². The lowest BCUT2D eigenvalue weighted by molar-refractivity contribution is 0.0285. The maximum Gasteiger partial charge on any atom is 0.427 e. The number of para-hydroxylation sites is 1. The first kappa shape index (κ1) is 17.2. The minimum absolute atomic E-state index is 0.0135. The number of nitrogens with zero attached hydrogens (tertiary/aromatic N) is 3. The van der Waals surface area contributed by atoms with Crippen LogP contribution in [0.4, 0.5) is 4.79 Å². The van der Waals surface area contributed by atoms with Gasteiger partial charge in [-0.25, -0.2) is 10.2 Å². The Balaban J connectivity index is 1.79. The summed E-state index contributed by atoms with van der Waals surface area (Å²) in [5.41, 5.74) is 4.97. The van der Waals surface area contributed by atoms with Crippen LogP contribution in [0.2, 0.25) is 0 Å². The smallest absolute Gasteiger partial charge is 0.427 e. The van der Waals surface area contributed by atoms with Gasteiger partial charge in [-0.3, -0.25) is 4.98 Å². The summed E-state index contributed by atoms with van der Waals surface area (Å²) >= 11 is 0. The quantitative estimate of drug-likeness (QED) is 0.902. The minimum Gasteiger partial charge on any atom is -0.443 e. The molecular weight excluding hydrogens is 316 g/mol. The molecule has 6 nitrogen and oxygen atoms in total. The number of benzene rings is 1. The number of carbonyl (C=O) groups excluding carboxylic acids is 1. The fourth-order valence-electron chi connectivity index (χ4n) is 3.05. The van der Waals surface area contributed by atoms with Gasteiger partial charge in [0.2, 0.25) is 0 Å². The van der Waals surface area contributed by atoms with Crippen LogP contribution < -0.4 is 5.43 Å². The van der Waals surface area contributed by atoms with Gasteiger partial charge >= 0.3 is 6.09 Å². The highest BCUT2D eigenvalue weighted by Crippen LogP contribution is 2.30. The number of nitrogens with one attached hydrogen (secondary N) is 1. The normalized spacial score (nSPS) is 20.5. The molecule has 3 rings (SSSR count). The number of aromatic nitrogens is 1. The van der Waals surface area contributed by atoms with Gasteiger partial charge in [0.25, 0.3) is 0 Å². The Kier molecular flexibility index (Phi) is 4.37. The largest absolute Gasteiger partial charge is 0.443 e. The third-order valence-electron chi connectivity index (χ3n) is 4.13. The van der Waals surface area contributed by atoms with Crippen molar-refractivity contribution in [3.05, 3.63) is 42.1 Å². The number of ether oxygens (including phenoxy) is 1. The number of amides is 1. The third-order valence-corrected chi connectivity index (χ3v) is 4.13. The molecule has 2 heterocycles. The van der Waals surface area contributed by atoms with Gasteiger partial charge in [-0.1, -0.05) is 24.3 Å². The second kappa shape index (κ2) is 6.35. The number of hydrogen-bond donors (Lipinski definition) is 1. The van der Waals surface area contributed by atoms with E-state index in [1.54, 1.807) is 5.12 Å². The molecule has 0 spiro atoms. The molecule has 0 radical (unpaired) electrons. The van der Waals surface area contributed by atoms with E-state index in [2.05, 4.69) is 16.6 Å². The molecule has 6 heteroatoms. The van der Waals surface area contributed by atoms with Crippen molar-refractivity contribution in [2.24, 2.45) is 5.10 Å². The number of hydrazone groups is 1. The van der Waals surface area contributed by atoms with Crippen molar-refractivity contribution in [1.82, 2.24) is 15.5 Å². The molecule has 0 bridgehead atoms. The van der Waals surface area contributed by atoms with Crippen LogP contribution in [0.25, 0.3) is 10.9 Å². The average Bonchev–Trinajstić information content (AvgIpc) is 2.79. The molecule has 0 saturated heterocycles. The lowest BCUT2D eigenvalue weighted by Crippen LogP contribution is -2.45. The summed E-state index contributed by atoms with van der Waals surface area (Å²) in [5.74, 6) is 0.0135. The second-order valence-corrected chi connectivity index (χ2v) is 7.35. The fraction of sp³-hybridized carbons (Fsp3) is 0.421. The molecule has 0 aliphatic carbocycles. The van der Waals surface area contributed by atoms with Crippen LogP contribution >= 0.6 is 0 Å². The molecule has 1 aromatic heterocycles. The van der Waals surface area contributed by atoms with Gasteiger partial charge in [-0.2, -0.15) is 10.2 Å². The predicted molar refractivity (Wildman–Crippen MR) is 98.3 cm³/mol. The second-order valence-electron chi connectivity index (χ2n) is 7.35. The highest BCUT2D eigenvalue weighted by atomic mass is 16.6. The Morgan fingerprint density at radius 1 is 1.20 bits per heavy atom. The van der Waals surface area contributed by atoms with E-state index in [1.807, 2.05) is 65.0 Å². The zero-order valence-electron chi connectivity index (χ0n) is 15.3. The average molecular weight is 340 g/mol. The van der Waals surface area contributed by atoms with E-state index in [9.17, 15) is 4.79 Å². The molecule has 2 atom stereocenters. The van der Waals surface area contributed by atoms with Gasteiger partial charge in [-0.05, 0) is 46.8 Å². The van der Waals surface area contributed by atoms with Crippen LogP contribution in [0.1, 0.15) is 46.2 Å². The molecule has 1 amide bonds. The minimum atomic E-state index is -0.550. The van der Waals surface area contributed by atoms with Crippen molar-refractivity contribution in [2.45, 2.75) is 52.2 Å². The number of rotatable bonds is 2. The Bertz CT molecular complexity index is 826. The molecule has 1 aliphatic heterocycles. The van der Waals surface area contributed by atoms with E-state index in [0.717, 1.165) is 22.3 Å². The molecular formula is C19H24N4O2. The first-order valence-electron chi connectivity index (χ1n) is 8.44. The lowest BCUT2D eigenvalue weighted by atomic mass is 9.93. The van der Waals surface area contributed by atoms with E-state index in [-0.39, 0.29) is 12.0 Å². The standard InChI is InChI=1S/C19H24N4O2/c1-12-17(16-11-10-14-8-6-7-9-15(14)20-16)13(2)23(21-12)22-18(24)25-19(3,4)5/h6-11,13,17H,1-5H3,(H,22,24). The fourth-order valence-corrected chi connectivity index (χ4v) is 3.05. The van der Waals surface area contributed by atoms with Crippen LogP contribution in [0.3, 0.4) is 0 Å². The van der Waals surface area contributed by atoms with E-state index in [1.165, 1.54) is 0 Å². The van der Waals surface area contributed by atoms with Crippen molar-refractivity contribution in [2.75, 3.05) is 0 Å². The van der Waals surface area contributed by atoms with Crippen LogP contribution in [0.5, 0.6) is 0 Å². The van der Waals surface area contributed by atoms with Gasteiger partial charge in [0.05, 0.1) is 23.2 Å².